The zero-order chi connectivity index (χ0) is 14.5. The first-order valence-electron chi connectivity index (χ1n) is 7.33. The minimum Gasteiger partial charge on any atom is -0.491 e. The summed E-state index contributed by atoms with van der Waals surface area (Å²) in [6.07, 6.45) is -0.431. The zero-order valence-corrected chi connectivity index (χ0v) is 15.3. The lowest BCUT2D eigenvalue weighted by Crippen LogP contribution is -2.47. The first-order valence-corrected chi connectivity index (χ1v) is 7.33. The number of rotatable bonds is 5. The van der Waals surface area contributed by atoms with Gasteiger partial charge in [-0.25, -0.2) is 0 Å². The van der Waals surface area contributed by atoms with E-state index in [1.807, 2.05) is 12.1 Å². The van der Waals surface area contributed by atoms with Crippen LogP contribution in [0.4, 0.5) is 0 Å². The summed E-state index contributed by atoms with van der Waals surface area (Å²) in [6, 6.07) is 6.04. The van der Waals surface area contributed by atoms with E-state index in [-0.39, 0.29) is 24.8 Å². The minimum absolute atomic E-state index is 0. The third-order valence-electron chi connectivity index (χ3n) is 3.99. The third kappa shape index (κ3) is 6.71. The molecule has 6 heteroatoms. The fourth-order valence-corrected chi connectivity index (χ4v) is 2.38. The van der Waals surface area contributed by atoms with E-state index in [0.717, 1.165) is 31.9 Å². The van der Waals surface area contributed by atoms with Gasteiger partial charge in [0.1, 0.15) is 18.5 Å². The molecular weight excluding hydrogens is 323 g/mol. The average molecular weight is 351 g/mol. The Labute approximate surface area is 146 Å². The second-order valence-electron chi connectivity index (χ2n) is 5.81. The van der Waals surface area contributed by atoms with Gasteiger partial charge in [0.2, 0.25) is 0 Å². The van der Waals surface area contributed by atoms with E-state index in [1.165, 1.54) is 11.1 Å². The van der Waals surface area contributed by atoms with Crippen molar-refractivity contribution in [2.24, 2.45) is 0 Å². The van der Waals surface area contributed by atoms with Crippen molar-refractivity contribution in [2.75, 3.05) is 46.4 Å². The fourth-order valence-electron chi connectivity index (χ4n) is 2.38. The topological polar surface area (TPSA) is 35.9 Å². The van der Waals surface area contributed by atoms with Gasteiger partial charge in [0.25, 0.3) is 0 Å². The third-order valence-corrected chi connectivity index (χ3v) is 3.99. The van der Waals surface area contributed by atoms with Crippen LogP contribution in [0.1, 0.15) is 11.1 Å². The molecular formula is C16H28Cl2N2O2. The minimum atomic E-state index is -0.431. The molecule has 0 saturated carbocycles. The summed E-state index contributed by atoms with van der Waals surface area (Å²) in [5.41, 5.74) is 2.48. The van der Waals surface area contributed by atoms with Crippen LogP contribution in [0, 0.1) is 13.8 Å². The Morgan fingerprint density at radius 2 is 1.73 bits per heavy atom. The summed E-state index contributed by atoms with van der Waals surface area (Å²) >= 11 is 0. The molecule has 0 aliphatic carbocycles. The SMILES string of the molecule is Cc1ccc(OCC(O)CN2CCN(C)CC2)cc1C.Cl.Cl. The maximum Gasteiger partial charge on any atom is 0.119 e. The molecule has 128 valence electrons. The number of hydrogen-bond acceptors (Lipinski definition) is 4. The molecule has 0 amide bonds. The van der Waals surface area contributed by atoms with Crippen LogP contribution in [-0.4, -0.2) is 67.4 Å². The van der Waals surface area contributed by atoms with Gasteiger partial charge in [-0.1, -0.05) is 6.07 Å². The Balaban J connectivity index is 0.00000220. The molecule has 22 heavy (non-hydrogen) atoms. The van der Waals surface area contributed by atoms with E-state index in [9.17, 15) is 5.11 Å². The van der Waals surface area contributed by atoms with Crippen LogP contribution in [0.25, 0.3) is 0 Å². The van der Waals surface area contributed by atoms with Gasteiger partial charge in [-0.05, 0) is 44.2 Å². The summed E-state index contributed by atoms with van der Waals surface area (Å²) in [5.74, 6) is 0.838. The molecule has 1 aromatic carbocycles. The number of likely N-dealkylation sites (N-methyl/N-ethyl adjacent to an activating group) is 1. The molecule has 0 radical (unpaired) electrons. The predicted octanol–water partition coefficient (Wildman–Crippen LogP) is 2.13. The van der Waals surface area contributed by atoms with Crippen molar-refractivity contribution in [1.82, 2.24) is 9.80 Å². The number of aliphatic hydroxyl groups is 1. The lowest BCUT2D eigenvalue weighted by atomic mass is 10.1. The molecule has 1 aliphatic rings. The molecule has 1 saturated heterocycles. The van der Waals surface area contributed by atoms with Crippen LogP contribution < -0.4 is 4.74 Å². The quantitative estimate of drug-likeness (QED) is 0.882. The second kappa shape index (κ2) is 10.3. The normalized spacial score (nSPS) is 17.3. The Hall–Kier alpha value is -0.520. The first-order chi connectivity index (χ1) is 9.54. The summed E-state index contributed by atoms with van der Waals surface area (Å²) < 4.78 is 5.68. The molecule has 1 fully saturated rings. The van der Waals surface area contributed by atoms with E-state index in [0.29, 0.717) is 13.2 Å². The monoisotopic (exact) mass is 350 g/mol. The predicted molar refractivity (Wildman–Crippen MR) is 95.9 cm³/mol. The van der Waals surface area contributed by atoms with Crippen molar-refractivity contribution >= 4 is 24.8 Å². The molecule has 1 unspecified atom stereocenters. The smallest absolute Gasteiger partial charge is 0.119 e. The number of ether oxygens (including phenoxy) is 1. The van der Waals surface area contributed by atoms with Crippen LogP contribution in [0.3, 0.4) is 0 Å². The molecule has 2 rings (SSSR count). The van der Waals surface area contributed by atoms with Gasteiger partial charge in [-0.15, -0.1) is 24.8 Å². The molecule has 1 N–H and O–H groups in total. The Bertz CT molecular complexity index is 438. The molecule has 0 spiro atoms. The Morgan fingerprint density at radius 3 is 2.32 bits per heavy atom. The van der Waals surface area contributed by atoms with E-state index >= 15 is 0 Å². The lowest BCUT2D eigenvalue weighted by Gasteiger charge is -2.33. The van der Waals surface area contributed by atoms with E-state index < -0.39 is 6.10 Å². The van der Waals surface area contributed by atoms with Crippen molar-refractivity contribution in [3.05, 3.63) is 29.3 Å². The maximum absolute atomic E-state index is 10.1. The summed E-state index contributed by atoms with van der Waals surface area (Å²) in [5, 5.41) is 10.1. The van der Waals surface area contributed by atoms with Gasteiger partial charge in [0.15, 0.2) is 0 Å². The van der Waals surface area contributed by atoms with Gasteiger partial charge < -0.3 is 14.7 Å². The second-order valence-corrected chi connectivity index (χ2v) is 5.81. The van der Waals surface area contributed by atoms with Crippen molar-refractivity contribution in [1.29, 1.82) is 0 Å². The standard InChI is InChI=1S/C16H26N2O2.2ClH/c1-13-4-5-16(10-14(13)2)20-12-15(19)11-18-8-6-17(3)7-9-18;;/h4-5,10,15,19H,6-9,11-12H2,1-3H3;2*1H. The Morgan fingerprint density at radius 1 is 1.09 bits per heavy atom. The van der Waals surface area contributed by atoms with Crippen LogP contribution >= 0.6 is 24.8 Å². The highest BCUT2D eigenvalue weighted by Gasteiger charge is 2.17. The van der Waals surface area contributed by atoms with Gasteiger partial charge >= 0.3 is 0 Å². The number of β-amino-alcohol motifs (C(OH)–C–C–N with tert-alkyl or cyclic N) is 1. The average Bonchev–Trinajstić information content (AvgIpc) is 2.43. The highest BCUT2D eigenvalue weighted by atomic mass is 35.5. The van der Waals surface area contributed by atoms with Crippen LogP contribution in [0.15, 0.2) is 18.2 Å². The van der Waals surface area contributed by atoms with Crippen LogP contribution in [0.5, 0.6) is 5.75 Å². The number of piperazine rings is 1. The van der Waals surface area contributed by atoms with E-state index in [1.54, 1.807) is 0 Å². The van der Waals surface area contributed by atoms with Gasteiger partial charge in [-0.2, -0.15) is 0 Å². The van der Waals surface area contributed by atoms with Crippen molar-refractivity contribution in [2.45, 2.75) is 20.0 Å². The van der Waals surface area contributed by atoms with Gasteiger partial charge in [0, 0.05) is 32.7 Å². The summed E-state index contributed by atoms with van der Waals surface area (Å²) in [7, 11) is 2.14. The first kappa shape index (κ1) is 21.5. The number of nitrogens with zero attached hydrogens (tertiary/aromatic N) is 2. The summed E-state index contributed by atoms with van der Waals surface area (Å²) in [4.78, 5) is 4.61. The van der Waals surface area contributed by atoms with E-state index in [4.69, 9.17) is 4.74 Å². The van der Waals surface area contributed by atoms with Crippen molar-refractivity contribution in [3.63, 3.8) is 0 Å². The number of aliphatic hydroxyl groups excluding tert-OH is 1. The number of halogens is 2. The number of hydrogen-bond donors (Lipinski definition) is 1. The molecule has 1 atom stereocenters. The Kier molecular flexibility index (Phi) is 10.0. The molecule has 0 aromatic heterocycles. The fraction of sp³-hybridized carbons (Fsp3) is 0.625. The van der Waals surface area contributed by atoms with Crippen LogP contribution in [0.2, 0.25) is 0 Å². The maximum atomic E-state index is 10.1. The zero-order valence-electron chi connectivity index (χ0n) is 13.6. The van der Waals surface area contributed by atoms with E-state index in [2.05, 4.69) is 36.8 Å². The highest BCUT2D eigenvalue weighted by molar-refractivity contribution is 5.85. The van der Waals surface area contributed by atoms with Gasteiger partial charge in [-0.3, -0.25) is 4.90 Å². The van der Waals surface area contributed by atoms with Gasteiger partial charge in [0.05, 0.1) is 0 Å². The molecule has 4 nitrogen and oxygen atoms in total. The van der Waals surface area contributed by atoms with Crippen molar-refractivity contribution < 1.29 is 9.84 Å². The molecule has 1 aromatic rings. The summed E-state index contributed by atoms with van der Waals surface area (Å²) in [6.45, 7) is 9.40. The van der Waals surface area contributed by atoms with Crippen LogP contribution in [-0.2, 0) is 0 Å². The number of benzene rings is 1. The molecule has 1 heterocycles. The van der Waals surface area contributed by atoms with Crippen molar-refractivity contribution in [3.8, 4) is 5.75 Å². The lowest BCUT2D eigenvalue weighted by molar-refractivity contribution is 0.0504. The molecule has 1 aliphatic heterocycles. The highest BCUT2D eigenvalue weighted by Crippen LogP contribution is 2.16. The largest absolute Gasteiger partial charge is 0.491 e. The molecule has 0 bridgehead atoms. The number of aryl methyl sites for hydroxylation is 2.